The van der Waals surface area contributed by atoms with E-state index >= 15 is 0 Å². The molecule has 0 amide bonds. The van der Waals surface area contributed by atoms with Crippen LogP contribution in [-0.2, 0) is 0 Å². The van der Waals surface area contributed by atoms with E-state index < -0.39 is 0 Å². The molecule has 0 aromatic carbocycles. The predicted molar refractivity (Wildman–Crippen MR) is 103 cm³/mol. The number of unbranched alkanes of at least 4 members (excludes halogenated alkanes) is 9. The van der Waals surface area contributed by atoms with Gasteiger partial charge in [0.15, 0.2) is 0 Å². The minimum atomic E-state index is 0. The molecular formula is C20H43Cl2N. The lowest BCUT2D eigenvalue weighted by molar-refractivity contribution is -0.926. The molecule has 1 nitrogen and oxygen atoms in total. The molecule has 0 heterocycles. The number of quaternary nitrogens is 1. The third-order valence-corrected chi connectivity index (χ3v) is 5.19. The SMILES string of the molecule is CCCCCC[N+](CCCl)(CCCCCC)CCCCCC.[Cl-]. The summed E-state index contributed by atoms with van der Waals surface area (Å²) in [5, 5.41) is 0. The predicted octanol–water partition coefficient (Wildman–Crippen LogP) is 3.79. The zero-order valence-corrected chi connectivity index (χ0v) is 17.7. The minimum absolute atomic E-state index is 0. The Hall–Kier alpha value is 0.540. The molecule has 0 rings (SSSR count). The van der Waals surface area contributed by atoms with Gasteiger partial charge in [0, 0.05) is 0 Å². The molecule has 0 unspecified atom stereocenters. The molecule has 23 heavy (non-hydrogen) atoms. The second-order valence-corrected chi connectivity index (χ2v) is 7.48. The molecule has 0 aromatic rings. The highest BCUT2D eigenvalue weighted by atomic mass is 35.5. The number of hydrogen-bond donors (Lipinski definition) is 0. The fourth-order valence-electron chi connectivity index (χ4n) is 3.47. The molecule has 0 aliphatic heterocycles. The van der Waals surface area contributed by atoms with Crippen LogP contribution in [0.5, 0.6) is 0 Å². The van der Waals surface area contributed by atoms with E-state index in [4.69, 9.17) is 11.6 Å². The highest BCUT2D eigenvalue weighted by molar-refractivity contribution is 6.17. The summed E-state index contributed by atoms with van der Waals surface area (Å²) in [5.74, 6) is 0.829. The van der Waals surface area contributed by atoms with Crippen LogP contribution in [0.4, 0.5) is 0 Å². The van der Waals surface area contributed by atoms with Crippen molar-refractivity contribution in [3.05, 3.63) is 0 Å². The lowest BCUT2D eigenvalue weighted by Crippen LogP contribution is -3.00. The molecular weight excluding hydrogens is 325 g/mol. The summed E-state index contributed by atoms with van der Waals surface area (Å²) in [6.45, 7) is 12.2. The van der Waals surface area contributed by atoms with Crippen molar-refractivity contribution in [2.45, 2.75) is 97.8 Å². The first-order chi connectivity index (χ1) is 10.7. The van der Waals surface area contributed by atoms with Gasteiger partial charge in [-0.15, -0.1) is 11.6 Å². The molecule has 142 valence electrons. The molecule has 0 saturated carbocycles. The first-order valence-electron chi connectivity index (χ1n) is 10.2. The Balaban J connectivity index is 0. The molecule has 0 atom stereocenters. The van der Waals surface area contributed by atoms with Gasteiger partial charge >= 0.3 is 0 Å². The Bertz CT molecular complexity index is 190. The second kappa shape index (κ2) is 18.9. The van der Waals surface area contributed by atoms with Gasteiger partial charge < -0.3 is 16.9 Å². The summed E-state index contributed by atoms with van der Waals surface area (Å²) >= 11 is 6.19. The van der Waals surface area contributed by atoms with Crippen molar-refractivity contribution in [3.63, 3.8) is 0 Å². The fraction of sp³-hybridized carbons (Fsp3) is 1.00. The molecule has 0 aromatic heterocycles. The van der Waals surface area contributed by atoms with Crippen molar-refractivity contribution in [3.8, 4) is 0 Å². The zero-order valence-electron chi connectivity index (χ0n) is 16.2. The number of halogens is 2. The first kappa shape index (κ1) is 25.8. The van der Waals surface area contributed by atoms with Crippen molar-refractivity contribution < 1.29 is 16.9 Å². The van der Waals surface area contributed by atoms with E-state index in [2.05, 4.69) is 20.8 Å². The summed E-state index contributed by atoms with van der Waals surface area (Å²) in [7, 11) is 0. The summed E-state index contributed by atoms with van der Waals surface area (Å²) < 4.78 is 1.31. The molecule has 0 radical (unpaired) electrons. The smallest absolute Gasteiger partial charge is 0.0924 e. The molecule has 0 saturated heterocycles. The topological polar surface area (TPSA) is 0 Å². The first-order valence-corrected chi connectivity index (χ1v) is 10.7. The lowest BCUT2D eigenvalue weighted by atomic mass is 10.1. The van der Waals surface area contributed by atoms with Crippen LogP contribution in [0.3, 0.4) is 0 Å². The van der Waals surface area contributed by atoms with Crippen LogP contribution in [-0.4, -0.2) is 36.5 Å². The minimum Gasteiger partial charge on any atom is -1.00 e. The maximum absolute atomic E-state index is 6.19. The summed E-state index contributed by atoms with van der Waals surface area (Å²) in [4.78, 5) is 0. The molecule has 0 bridgehead atoms. The Kier molecular flexibility index (Phi) is 21.2. The Morgan fingerprint density at radius 3 is 1.13 bits per heavy atom. The molecule has 0 aliphatic carbocycles. The standard InChI is InChI=1S/C20H43ClN.ClH/c1-4-7-10-13-17-22(20-16-21,18-14-11-8-5-2)19-15-12-9-6-3;/h4-20H2,1-3H3;1H/q+1;/p-1. The van der Waals surface area contributed by atoms with Crippen LogP contribution in [0, 0.1) is 0 Å². The average molecular weight is 368 g/mol. The van der Waals surface area contributed by atoms with Crippen LogP contribution in [0.2, 0.25) is 0 Å². The number of alkyl halides is 1. The van der Waals surface area contributed by atoms with Crippen LogP contribution in [0.15, 0.2) is 0 Å². The maximum atomic E-state index is 6.19. The van der Waals surface area contributed by atoms with E-state index in [0.29, 0.717) is 0 Å². The van der Waals surface area contributed by atoms with E-state index in [1.807, 2.05) is 0 Å². The van der Waals surface area contributed by atoms with Crippen molar-refractivity contribution in [2.75, 3.05) is 32.1 Å². The van der Waals surface area contributed by atoms with E-state index in [1.165, 1.54) is 108 Å². The molecule has 3 heteroatoms. The van der Waals surface area contributed by atoms with Gasteiger partial charge in [-0.1, -0.05) is 59.3 Å². The van der Waals surface area contributed by atoms with Crippen molar-refractivity contribution in [2.24, 2.45) is 0 Å². The van der Waals surface area contributed by atoms with Gasteiger partial charge in [-0.2, -0.15) is 0 Å². The average Bonchev–Trinajstić information content (AvgIpc) is 2.53. The fourth-order valence-corrected chi connectivity index (χ4v) is 3.83. The van der Waals surface area contributed by atoms with Crippen LogP contribution >= 0.6 is 11.6 Å². The third-order valence-electron chi connectivity index (χ3n) is 5.02. The van der Waals surface area contributed by atoms with E-state index in [-0.39, 0.29) is 12.4 Å². The molecule has 0 spiro atoms. The number of rotatable bonds is 17. The highest BCUT2D eigenvalue weighted by Gasteiger charge is 2.25. The second-order valence-electron chi connectivity index (χ2n) is 7.11. The normalized spacial score (nSPS) is 11.5. The van der Waals surface area contributed by atoms with Crippen LogP contribution < -0.4 is 12.4 Å². The Labute approximate surface area is 158 Å². The maximum Gasteiger partial charge on any atom is 0.0924 e. The summed E-state index contributed by atoms with van der Waals surface area (Å²) in [5.41, 5.74) is 0. The largest absolute Gasteiger partial charge is 1.00 e. The summed E-state index contributed by atoms with van der Waals surface area (Å²) in [6.07, 6.45) is 16.6. The van der Waals surface area contributed by atoms with Gasteiger partial charge in [0.1, 0.15) is 0 Å². The van der Waals surface area contributed by atoms with Crippen molar-refractivity contribution >= 4 is 11.6 Å². The van der Waals surface area contributed by atoms with Crippen molar-refractivity contribution in [1.29, 1.82) is 0 Å². The molecule has 0 aliphatic rings. The van der Waals surface area contributed by atoms with Crippen LogP contribution in [0.1, 0.15) is 97.8 Å². The number of hydrogen-bond acceptors (Lipinski definition) is 0. The van der Waals surface area contributed by atoms with Crippen LogP contribution in [0.25, 0.3) is 0 Å². The zero-order chi connectivity index (χ0) is 16.5. The highest BCUT2D eigenvalue weighted by Crippen LogP contribution is 2.17. The van der Waals surface area contributed by atoms with Crippen molar-refractivity contribution in [1.82, 2.24) is 0 Å². The summed E-state index contributed by atoms with van der Waals surface area (Å²) in [6, 6.07) is 0. The monoisotopic (exact) mass is 367 g/mol. The Morgan fingerprint density at radius 1 is 0.522 bits per heavy atom. The lowest BCUT2D eigenvalue weighted by Gasteiger charge is -2.39. The van der Waals surface area contributed by atoms with Gasteiger partial charge in [-0.05, 0) is 38.5 Å². The van der Waals surface area contributed by atoms with Gasteiger partial charge in [0.05, 0.1) is 32.1 Å². The van der Waals surface area contributed by atoms with E-state index in [0.717, 1.165) is 5.88 Å². The van der Waals surface area contributed by atoms with E-state index in [9.17, 15) is 0 Å². The number of nitrogens with zero attached hydrogens (tertiary/aromatic N) is 1. The van der Waals surface area contributed by atoms with E-state index in [1.54, 1.807) is 0 Å². The third kappa shape index (κ3) is 14.6. The Morgan fingerprint density at radius 2 is 0.870 bits per heavy atom. The van der Waals surface area contributed by atoms with Gasteiger partial charge in [0.2, 0.25) is 0 Å². The quantitative estimate of drug-likeness (QED) is 0.208. The van der Waals surface area contributed by atoms with Gasteiger partial charge in [-0.25, -0.2) is 0 Å². The molecule has 0 N–H and O–H groups in total. The van der Waals surface area contributed by atoms with Gasteiger partial charge in [-0.3, -0.25) is 0 Å². The molecule has 0 fully saturated rings. The van der Waals surface area contributed by atoms with Gasteiger partial charge in [0.25, 0.3) is 0 Å².